The lowest BCUT2D eigenvalue weighted by Crippen LogP contribution is -2.47. The molecule has 0 aromatic heterocycles. The van der Waals surface area contributed by atoms with Crippen molar-refractivity contribution in [3.05, 3.63) is 118 Å². The number of para-hydroxylation sites is 2. The highest BCUT2D eigenvalue weighted by Crippen LogP contribution is 2.31. The number of rotatable bonds is 9. The van der Waals surface area contributed by atoms with Crippen molar-refractivity contribution in [2.75, 3.05) is 55.0 Å². The van der Waals surface area contributed by atoms with E-state index in [2.05, 4.69) is 54.6 Å². The number of nitrogens with zero attached hydrogens (tertiary/aromatic N) is 2. The Hall–Kier alpha value is -4.30. The Kier molecular flexibility index (Phi) is 9.21. The SMILES string of the molecule is COc1ccccc1N1CCN(c2ccc(NC(=O)c3ccc(Br)cc3)cc2C(=O)NCCc2ccccc2)CC1. The number of anilines is 3. The standard InChI is InChI=1S/C33H33BrN4O3/c1-41-31-10-6-5-9-30(31)38-21-19-37(20-22-38)29-16-15-27(36-32(39)25-11-13-26(34)14-12-25)23-28(29)33(40)35-18-17-24-7-3-2-4-8-24/h2-16,23H,17-22H2,1H3,(H,35,40)(H,36,39). The number of halogens is 1. The summed E-state index contributed by atoms with van der Waals surface area (Å²) in [6, 6.07) is 30.9. The number of hydrogen-bond donors (Lipinski definition) is 2. The highest BCUT2D eigenvalue weighted by Gasteiger charge is 2.24. The molecule has 2 amide bonds. The third-order valence-corrected chi connectivity index (χ3v) is 7.72. The van der Waals surface area contributed by atoms with E-state index in [1.807, 2.05) is 60.7 Å². The Morgan fingerprint density at radius 3 is 2.15 bits per heavy atom. The second-order valence-electron chi connectivity index (χ2n) is 9.83. The van der Waals surface area contributed by atoms with Crippen molar-refractivity contribution in [2.24, 2.45) is 0 Å². The van der Waals surface area contributed by atoms with Gasteiger partial charge in [0.05, 0.1) is 18.4 Å². The molecule has 1 heterocycles. The van der Waals surface area contributed by atoms with Gasteiger partial charge in [-0.25, -0.2) is 0 Å². The molecule has 8 heteroatoms. The Balaban J connectivity index is 1.34. The van der Waals surface area contributed by atoms with E-state index in [0.29, 0.717) is 23.4 Å². The smallest absolute Gasteiger partial charge is 0.255 e. The van der Waals surface area contributed by atoms with E-state index in [-0.39, 0.29) is 11.8 Å². The molecule has 1 aliphatic rings. The lowest BCUT2D eigenvalue weighted by atomic mass is 10.1. The second kappa shape index (κ2) is 13.4. The van der Waals surface area contributed by atoms with Crippen molar-refractivity contribution in [3.8, 4) is 5.75 Å². The average Bonchev–Trinajstić information content (AvgIpc) is 3.02. The third kappa shape index (κ3) is 7.08. The predicted molar refractivity (Wildman–Crippen MR) is 168 cm³/mol. The largest absolute Gasteiger partial charge is 0.495 e. The van der Waals surface area contributed by atoms with Gasteiger partial charge in [0, 0.05) is 54.1 Å². The van der Waals surface area contributed by atoms with Gasteiger partial charge in [0.25, 0.3) is 11.8 Å². The molecule has 2 N–H and O–H groups in total. The quantitative estimate of drug-likeness (QED) is 0.242. The highest BCUT2D eigenvalue weighted by atomic mass is 79.9. The molecule has 41 heavy (non-hydrogen) atoms. The highest BCUT2D eigenvalue weighted by molar-refractivity contribution is 9.10. The van der Waals surface area contributed by atoms with Crippen molar-refractivity contribution in [3.63, 3.8) is 0 Å². The maximum absolute atomic E-state index is 13.5. The van der Waals surface area contributed by atoms with Crippen LogP contribution in [0.15, 0.2) is 102 Å². The average molecular weight is 614 g/mol. The number of methoxy groups -OCH3 is 1. The Labute approximate surface area is 249 Å². The summed E-state index contributed by atoms with van der Waals surface area (Å²) in [5, 5.41) is 6.04. The minimum Gasteiger partial charge on any atom is -0.495 e. The van der Waals surface area contributed by atoms with E-state index in [4.69, 9.17) is 4.74 Å². The van der Waals surface area contributed by atoms with E-state index < -0.39 is 0 Å². The van der Waals surface area contributed by atoms with Crippen LogP contribution in [0.25, 0.3) is 0 Å². The lowest BCUT2D eigenvalue weighted by molar-refractivity contribution is 0.0953. The van der Waals surface area contributed by atoms with Gasteiger partial charge in [-0.05, 0) is 66.6 Å². The fraction of sp³-hybridized carbons (Fsp3) is 0.212. The van der Waals surface area contributed by atoms with Gasteiger partial charge in [0.1, 0.15) is 5.75 Å². The molecule has 0 bridgehead atoms. The fourth-order valence-corrected chi connectivity index (χ4v) is 5.28. The molecule has 0 spiro atoms. The monoisotopic (exact) mass is 612 g/mol. The summed E-state index contributed by atoms with van der Waals surface area (Å²) in [5.74, 6) is 0.458. The van der Waals surface area contributed by atoms with Gasteiger partial charge in [-0.15, -0.1) is 0 Å². The minimum absolute atomic E-state index is 0.164. The van der Waals surface area contributed by atoms with E-state index in [1.165, 1.54) is 0 Å². The summed E-state index contributed by atoms with van der Waals surface area (Å²) >= 11 is 3.40. The molecular weight excluding hydrogens is 580 g/mol. The normalized spacial score (nSPS) is 13.0. The van der Waals surface area contributed by atoms with Gasteiger partial charge in [0.2, 0.25) is 0 Å². The molecular formula is C33H33BrN4O3. The minimum atomic E-state index is -0.230. The van der Waals surface area contributed by atoms with Gasteiger partial charge >= 0.3 is 0 Å². The topological polar surface area (TPSA) is 73.9 Å². The summed E-state index contributed by atoms with van der Waals surface area (Å²) in [6.07, 6.45) is 0.736. The van der Waals surface area contributed by atoms with Crippen LogP contribution in [0, 0.1) is 0 Å². The maximum Gasteiger partial charge on any atom is 0.255 e. The molecule has 4 aromatic rings. The van der Waals surface area contributed by atoms with Gasteiger partial charge in [0.15, 0.2) is 0 Å². The molecule has 0 radical (unpaired) electrons. The van der Waals surface area contributed by atoms with Crippen molar-refractivity contribution >= 4 is 44.8 Å². The molecule has 1 fully saturated rings. The maximum atomic E-state index is 13.5. The van der Waals surface area contributed by atoms with E-state index in [1.54, 1.807) is 25.3 Å². The van der Waals surface area contributed by atoms with Crippen LogP contribution in [-0.2, 0) is 6.42 Å². The Bertz CT molecular complexity index is 1490. The molecule has 0 atom stereocenters. The molecule has 4 aromatic carbocycles. The summed E-state index contributed by atoms with van der Waals surface area (Å²) in [5.41, 5.74) is 4.73. The molecule has 7 nitrogen and oxygen atoms in total. The van der Waals surface area contributed by atoms with Crippen LogP contribution in [0.1, 0.15) is 26.3 Å². The first-order chi connectivity index (χ1) is 20.0. The van der Waals surface area contributed by atoms with Crippen LogP contribution in [0.2, 0.25) is 0 Å². The van der Waals surface area contributed by atoms with Crippen LogP contribution in [0.4, 0.5) is 17.1 Å². The molecule has 0 aliphatic carbocycles. The first-order valence-electron chi connectivity index (χ1n) is 13.7. The van der Waals surface area contributed by atoms with Crippen molar-refractivity contribution in [1.82, 2.24) is 5.32 Å². The number of ether oxygens (including phenoxy) is 1. The van der Waals surface area contributed by atoms with Crippen LogP contribution in [0.5, 0.6) is 5.75 Å². The van der Waals surface area contributed by atoms with Crippen molar-refractivity contribution < 1.29 is 14.3 Å². The number of carbonyl (C=O) groups is 2. The molecule has 1 aliphatic heterocycles. The second-order valence-corrected chi connectivity index (χ2v) is 10.7. The molecule has 1 saturated heterocycles. The first-order valence-corrected chi connectivity index (χ1v) is 14.5. The predicted octanol–water partition coefficient (Wildman–Crippen LogP) is 6.01. The summed E-state index contributed by atoms with van der Waals surface area (Å²) in [7, 11) is 1.69. The fourth-order valence-electron chi connectivity index (χ4n) is 5.02. The molecule has 5 rings (SSSR count). The Morgan fingerprint density at radius 2 is 1.44 bits per heavy atom. The summed E-state index contributed by atoms with van der Waals surface area (Å²) in [6.45, 7) is 3.58. The lowest BCUT2D eigenvalue weighted by Gasteiger charge is -2.38. The number of amides is 2. The van der Waals surface area contributed by atoms with E-state index in [9.17, 15) is 9.59 Å². The van der Waals surface area contributed by atoms with E-state index in [0.717, 1.165) is 59.8 Å². The number of carbonyl (C=O) groups excluding carboxylic acids is 2. The van der Waals surface area contributed by atoms with Gasteiger partial charge in [-0.3, -0.25) is 9.59 Å². The molecule has 0 saturated carbocycles. The van der Waals surface area contributed by atoms with E-state index >= 15 is 0 Å². The number of piperazine rings is 1. The van der Waals surface area contributed by atoms with Gasteiger partial charge < -0.3 is 25.2 Å². The molecule has 0 unspecified atom stereocenters. The van der Waals surface area contributed by atoms with Crippen LogP contribution >= 0.6 is 15.9 Å². The zero-order chi connectivity index (χ0) is 28.6. The van der Waals surface area contributed by atoms with Gasteiger partial charge in [-0.1, -0.05) is 58.4 Å². The van der Waals surface area contributed by atoms with Crippen LogP contribution in [-0.4, -0.2) is 51.6 Å². The summed E-state index contributed by atoms with van der Waals surface area (Å²) in [4.78, 5) is 31.0. The zero-order valence-corrected chi connectivity index (χ0v) is 24.6. The van der Waals surface area contributed by atoms with Crippen molar-refractivity contribution in [1.29, 1.82) is 0 Å². The number of nitrogens with one attached hydrogen (secondary N) is 2. The van der Waals surface area contributed by atoms with Crippen LogP contribution < -0.4 is 25.2 Å². The number of benzene rings is 4. The first kappa shape index (κ1) is 28.2. The number of hydrogen-bond acceptors (Lipinski definition) is 5. The third-order valence-electron chi connectivity index (χ3n) is 7.19. The molecule has 210 valence electrons. The summed E-state index contributed by atoms with van der Waals surface area (Å²) < 4.78 is 6.47. The Morgan fingerprint density at radius 1 is 0.780 bits per heavy atom. The van der Waals surface area contributed by atoms with Crippen molar-refractivity contribution in [2.45, 2.75) is 6.42 Å². The van der Waals surface area contributed by atoms with Gasteiger partial charge in [-0.2, -0.15) is 0 Å². The zero-order valence-electron chi connectivity index (χ0n) is 23.0. The van der Waals surface area contributed by atoms with Crippen LogP contribution in [0.3, 0.4) is 0 Å².